The molecule has 1 aromatic rings. The number of hydrogen-bond acceptors (Lipinski definition) is 5. The smallest absolute Gasteiger partial charge is 0.304 e. The van der Waals surface area contributed by atoms with Crippen molar-refractivity contribution in [3.8, 4) is 0 Å². The van der Waals surface area contributed by atoms with Gasteiger partial charge in [0.2, 0.25) is 5.82 Å². The van der Waals surface area contributed by atoms with Gasteiger partial charge < -0.3 is 10.2 Å². The average Bonchev–Trinajstić information content (AvgIpc) is 2.34. The van der Waals surface area contributed by atoms with E-state index in [1.807, 2.05) is 0 Å². The molecule has 2 atom stereocenters. The minimum Gasteiger partial charge on any atom is -0.394 e. The van der Waals surface area contributed by atoms with Crippen LogP contribution in [0.1, 0.15) is 11.6 Å². The van der Waals surface area contributed by atoms with Gasteiger partial charge in [-0.1, -0.05) is 11.2 Å². The predicted octanol–water partition coefficient (Wildman–Crippen LogP) is 1.44. The third-order valence-electron chi connectivity index (χ3n) is 2.24. The van der Waals surface area contributed by atoms with E-state index in [2.05, 4.69) is 10.0 Å². The Balaban J connectivity index is 3.18. The SMILES string of the molecule is [N-]=[N+]=NC(c1ccc([N+](=O)[O-])c(F)c1)[C@H](O)CO. The minimum atomic E-state index is -1.42. The summed E-state index contributed by atoms with van der Waals surface area (Å²) >= 11 is 0. The molecule has 0 radical (unpaired) electrons. The van der Waals surface area contributed by atoms with Crippen molar-refractivity contribution in [2.45, 2.75) is 12.1 Å². The standard InChI is InChI=1S/C9H9FN4O4/c10-6-3-5(1-2-7(6)14(17)18)9(12-13-11)8(16)4-15/h1-3,8-9,15-16H,4H2/t8-,9?/m1/s1. The molecule has 0 amide bonds. The Morgan fingerprint density at radius 3 is 2.72 bits per heavy atom. The van der Waals surface area contributed by atoms with Crippen LogP contribution < -0.4 is 0 Å². The van der Waals surface area contributed by atoms with Gasteiger partial charge in [0.15, 0.2) is 0 Å². The quantitative estimate of drug-likeness (QED) is 0.271. The van der Waals surface area contributed by atoms with E-state index in [-0.39, 0.29) is 5.56 Å². The molecule has 9 heteroatoms. The number of rotatable bonds is 5. The first-order valence-electron chi connectivity index (χ1n) is 4.78. The van der Waals surface area contributed by atoms with Crippen LogP contribution in [0.25, 0.3) is 10.4 Å². The molecular weight excluding hydrogens is 247 g/mol. The zero-order valence-corrected chi connectivity index (χ0v) is 8.97. The van der Waals surface area contributed by atoms with E-state index in [4.69, 9.17) is 10.6 Å². The highest BCUT2D eigenvalue weighted by Crippen LogP contribution is 2.26. The van der Waals surface area contributed by atoms with Crippen LogP contribution in [0.4, 0.5) is 10.1 Å². The van der Waals surface area contributed by atoms with Crippen LogP contribution in [0.15, 0.2) is 23.3 Å². The van der Waals surface area contributed by atoms with Crippen molar-refractivity contribution < 1.29 is 19.5 Å². The van der Waals surface area contributed by atoms with Crippen molar-refractivity contribution in [1.82, 2.24) is 0 Å². The zero-order valence-electron chi connectivity index (χ0n) is 8.97. The van der Waals surface area contributed by atoms with Crippen LogP contribution in [-0.4, -0.2) is 27.8 Å². The lowest BCUT2D eigenvalue weighted by Crippen LogP contribution is -2.20. The molecule has 0 aromatic heterocycles. The summed E-state index contributed by atoms with van der Waals surface area (Å²) in [6.07, 6.45) is -1.42. The lowest BCUT2D eigenvalue weighted by molar-refractivity contribution is -0.387. The summed E-state index contributed by atoms with van der Waals surface area (Å²) < 4.78 is 13.3. The molecule has 2 N–H and O–H groups in total. The second-order valence-corrected chi connectivity index (χ2v) is 3.37. The number of halogens is 1. The summed E-state index contributed by atoms with van der Waals surface area (Å²) in [7, 11) is 0. The Hall–Kier alpha value is -2.22. The summed E-state index contributed by atoms with van der Waals surface area (Å²) in [6.45, 7) is -0.692. The van der Waals surface area contributed by atoms with Gasteiger partial charge in [-0.05, 0) is 17.2 Å². The number of aliphatic hydroxyl groups excluding tert-OH is 2. The third kappa shape index (κ3) is 2.92. The van der Waals surface area contributed by atoms with E-state index in [9.17, 15) is 19.6 Å². The largest absolute Gasteiger partial charge is 0.394 e. The van der Waals surface area contributed by atoms with E-state index in [0.717, 1.165) is 18.2 Å². The predicted molar refractivity (Wildman–Crippen MR) is 58.0 cm³/mol. The molecule has 0 aliphatic heterocycles. The summed E-state index contributed by atoms with van der Waals surface area (Å²) in [5.41, 5.74) is 7.63. The van der Waals surface area contributed by atoms with Gasteiger partial charge in [-0.3, -0.25) is 10.1 Å². The minimum absolute atomic E-state index is 0.0393. The van der Waals surface area contributed by atoms with Crippen molar-refractivity contribution in [3.05, 3.63) is 50.1 Å². The lowest BCUT2D eigenvalue weighted by atomic mass is 10.0. The van der Waals surface area contributed by atoms with Gasteiger partial charge in [-0.2, -0.15) is 4.39 Å². The van der Waals surface area contributed by atoms with E-state index >= 15 is 0 Å². The van der Waals surface area contributed by atoms with Crippen molar-refractivity contribution in [2.75, 3.05) is 6.61 Å². The molecule has 1 unspecified atom stereocenters. The number of aliphatic hydroxyl groups is 2. The van der Waals surface area contributed by atoms with Gasteiger partial charge in [0.05, 0.1) is 23.7 Å². The number of nitrogens with zero attached hydrogens (tertiary/aromatic N) is 4. The average molecular weight is 256 g/mol. The Labute approximate surface area is 100 Å². The maximum Gasteiger partial charge on any atom is 0.304 e. The van der Waals surface area contributed by atoms with Gasteiger partial charge in [0, 0.05) is 11.0 Å². The molecule has 18 heavy (non-hydrogen) atoms. The van der Waals surface area contributed by atoms with Gasteiger partial charge in [-0.25, -0.2) is 0 Å². The number of hydrogen-bond donors (Lipinski definition) is 2. The Kier molecular flexibility index (Phi) is 4.55. The number of nitro groups is 1. The second kappa shape index (κ2) is 5.92. The van der Waals surface area contributed by atoms with Crippen LogP contribution in [0, 0.1) is 15.9 Å². The monoisotopic (exact) mass is 256 g/mol. The van der Waals surface area contributed by atoms with Crippen LogP contribution in [0.2, 0.25) is 0 Å². The fraction of sp³-hybridized carbons (Fsp3) is 0.333. The van der Waals surface area contributed by atoms with E-state index in [1.165, 1.54) is 0 Å². The molecular formula is C9H9FN4O4. The normalized spacial score (nSPS) is 13.5. The second-order valence-electron chi connectivity index (χ2n) is 3.37. The maximum absolute atomic E-state index is 13.3. The first-order valence-corrected chi connectivity index (χ1v) is 4.78. The van der Waals surface area contributed by atoms with Crippen molar-refractivity contribution >= 4 is 5.69 Å². The molecule has 0 saturated heterocycles. The Morgan fingerprint density at radius 1 is 1.61 bits per heavy atom. The van der Waals surface area contributed by atoms with E-state index < -0.39 is 35.2 Å². The van der Waals surface area contributed by atoms with Gasteiger partial charge in [0.25, 0.3) is 0 Å². The topological polar surface area (TPSA) is 132 Å². The van der Waals surface area contributed by atoms with Crippen LogP contribution in [0.5, 0.6) is 0 Å². The molecule has 96 valence electrons. The molecule has 0 aliphatic carbocycles. The van der Waals surface area contributed by atoms with Gasteiger partial charge in [-0.15, -0.1) is 0 Å². The summed E-state index contributed by atoms with van der Waals surface area (Å²) in [4.78, 5) is 12.0. The van der Waals surface area contributed by atoms with Crippen molar-refractivity contribution in [2.24, 2.45) is 5.11 Å². The first kappa shape index (κ1) is 13.8. The highest BCUT2D eigenvalue weighted by Gasteiger charge is 2.22. The zero-order chi connectivity index (χ0) is 13.7. The third-order valence-corrected chi connectivity index (χ3v) is 2.24. The molecule has 0 saturated carbocycles. The van der Waals surface area contributed by atoms with Crippen LogP contribution in [0.3, 0.4) is 0 Å². The number of benzene rings is 1. The molecule has 0 bridgehead atoms. The molecule has 8 nitrogen and oxygen atoms in total. The summed E-state index contributed by atoms with van der Waals surface area (Å²) in [5, 5.41) is 31.8. The first-order chi connectivity index (χ1) is 8.51. The molecule has 0 fully saturated rings. The van der Waals surface area contributed by atoms with Crippen molar-refractivity contribution in [3.63, 3.8) is 0 Å². The maximum atomic E-state index is 13.3. The Bertz CT molecular complexity index is 503. The molecule has 0 aliphatic rings. The fourth-order valence-electron chi connectivity index (χ4n) is 1.38. The van der Waals surface area contributed by atoms with Gasteiger partial charge in [0.1, 0.15) is 0 Å². The van der Waals surface area contributed by atoms with Gasteiger partial charge >= 0.3 is 5.69 Å². The molecule has 0 heterocycles. The summed E-state index contributed by atoms with van der Waals surface area (Å²) in [6, 6.07) is 1.63. The lowest BCUT2D eigenvalue weighted by Gasteiger charge is -2.16. The van der Waals surface area contributed by atoms with E-state index in [0.29, 0.717) is 0 Å². The number of azide groups is 1. The Morgan fingerprint density at radius 2 is 2.28 bits per heavy atom. The van der Waals surface area contributed by atoms with Crippen molar-refractivity contribution in [1.29, 1.82) is 0 Å². The summed E-state index contributed by atoms with van der Waals surface area (Å²) in [5.74, 6) is -1.11. The molecule has 0 spiro atoms. The highest BCUT2D eigenvalue weighted by atomic mass is 19.1. The molecule has 1 aromatic carbocycles. The van der Waals surface area contributed by atoms with Crippen LogP contribution >= 0.6 is 0 Å². The van der Waals surface area contributed by atoms with Crippen LogP contribution in [-0.2, 0) is 0 Å². The number of nitro benzene ring substituents is 1. The molecule has 1 rings (SSSR count). The highest BCUT2D eigenvalue weighted by molar-refractivity contribution is 5.36. The fourth-order valence-corrected chi connectivity index (χ4v) is 1.38. The van der Waals surface area contributed by atoms with E-state index in [1.54, 1.807) is 0 Å².